The summed E-state index contributed by atoms with van der Waals surface area (Å²) in [6.45, 7) is 5.79. The molecule has 2 rings (SSSR count). The smallest absolute Gasteiger partial charge is 0.407 e. The van der Waals surface area contributed by atoms with Crippen LogP contribution in [-0.2, 0) is 16.8 Å². The van der Waals surface area contributed by atoms with E-state index in [-0.39, 0.29) is 24.3 Å². The molecule has 2 unspecified atom stereocenters. The van der Waals surface area contributed by atoms with Gasteiger partial charge in [0.15, 0.2) is 0 Å². The molecule has 1 amide bonds. The molecule has 0 saturated carbocycles. The third-order valence-electron chi connectivity index (χ3n) is 4.20. The molecule has 0 spiro atoms. The van der Waals surface area contributed by atoms with Gasteiger partial charge in [-0.2, -0.15) is 0 Å². The lowest BCUT2D eigenvalue weighted by atomic mass is 9.84. The first kappa shape index (κ1) is 20.7. The number of aromatic hydroxyl groups is 1. The Hall–Kier alpha value is -2.57. The van der Waals surface area contributed by atoms with Gasteiger partial charge in [-0.1, -0.05) is 57.2 Å². The number of nitrogens with one attached hydrogen (secondary N) is 1. The molecule has 146 valence electrons. The van der Waals surface area contributed by atoms with Crippen molar-refractivity contribution < 1.29 is 24.9 Å². The highest BCUT2D eigenvalue weighted by molar-refractivity contribution is 5.67. The first-order chi connectivity index (χ1) is 12.7. The largest absolute Gasteiger partial charge is 0.508 e. The fourth-order valence-corrected chi connectivity index (χ4v) is 2.63. The zero-order valence-electron chi connectivity index (χ0n) is 15.8. The Morgan fingerprint density at radius 1 is 1.11 bits per heavy atom. The SMILES string of the molecule is CC(C)(C)c1cc(C(O)C(O)CNC(=O)OCc2ccccc2)ccc1O. The van der Waals surface area contributed by atoms with Crippen molar-refractivity contribution in [3.63, 3.8) is 0 Å². The van der Waals surface area contributed by atoms with Crippen LogP contribution in [0.5, 0.6) is 5.75 Å². The fourth-order valence-electron chi connectivity index (χ4n) is 2.63. The van der Waals surface area contributed by atoms with Crippen LogP contribution < -0.4 is 5.32 Å². The highest BCUT2D eigenvalue weighted by Crippen LogP contribution is 2.33. The van der Waals surface area contributed by atoms with Crippen LogP contribution in [0.4, 0.5) is 4.79 Å². The maximum absolute atomic E-state index is 11.8. The Morgan fingerprint density at radius 2 is 1.78 bits per heavy atom. The van der Waals surface area contributed by atoms with E-state index in [1.807, 2.05) is 51.1 Å². The van der Waals surface area contributed by atoms with Gasteiger partial charge in [-0.25, -0.2) is 4.79 Å². The van der Waals surface area contributed by atoms with Crippen LogP contribution in [-0.4, -0.2) is 34.1 Å². The zero-order valence-corrected chi connectivity index (χ0v) is 15.8. The van der Waals surface area contributed by atoms with E-state index < -0.39 is 18.3 Å². The summed E-state index contributed by atoms with van der Waals surface area (Å²) in [6, 6.07) is 13.9. The molecule has 6 heteroatoms. The van der Waals surface area contributed by atoms with E-state index in [1.54, 1.807) is 12.1 Å². The minimum Gasteiger partial charge on any atom is -0.508 e. The highest BCUT2D eigenvalue weighted by atomic mass is 16.5. The summed E-state index contributed by atoms with van der Waals surface area (Å²) >= 11 is 0. The number of alkyl carbamates (subject to hydrolysis) is 1. The number of ether oxygens (including phenoxy) is 1. The standard InChI is InChI=1S/C21H27NO5/c1-21(2,3)16-11-15(9-10-17(16)23)19(25)18(24)12-22-20(26)27-13-14-7-5-4-6-8-14/h4-11,18-19,23-25H,12-13H2,1-3H3,(H,22,26). The Balaban J connectivity index is 1.90. The summed E-state index contributed by atoms with van der Waals surface area (Å²) < 4.78 is 5.07. The summed E-state index contributed by atoms with van der Waals surface area (Å²) in [5.41, 5.74) is 1.67. The number of rotatable bonds is 6. The molecule has 2 aromatic carbocycles. The normalized spacial score (nSPS) is 13.7. The number of aliphatic hydroxyl groups is 2. The van der Waals surface area contributed by atoms with Crippen molar-refractivity contribution in [2.24, 2.45) is 0 Å². The number of benzene rings is 2. The van der Waals surface area contributed by atoms with Gasteiger partial charge in [-0.05, 0) is 34.2 Å². The third-order valence-corrected chi connectivity index (χ3v) is 4.20. The maximum Gasteiger partial charge on any atom is 0.407 e. The van der Waals surface area contributed by atoms with Crippen molar-refractivity contribution in [2.75, 3.05) is 6.54 Å². The lowest BCUT2D eigenvalue weighted by Gasteiger charge is -2.24. The van der Waals surface area contributed by atoms with Crippen LogP contribution in [0, 0.1) is 0 Å². The van der Waals surface area contributed by atoms with Gasteiger partial charge >= 0.3 is 6.09 Å². The van der Waals surface area contributed by atoms with Crippen molar-refractivity contribution in [1.82, 2.24) is 5.32 Å². The lowest BCUT2D eigenvalue weighted by molar-refractivity contribution is 0.0183. The van der Waals surface area contributed by atoms with Crippen LogP contribution in [0.3, 0.4) is 0 Å². The predicted octanol–water partition coefficient (Wildman–Crippen LogP) is 3.01. The monoisotopic (exact) mass is 373 g/mol. The van der Waals surface area contributed by atoms with Gasteiger partial charge in [0.05, 0.1) is 0 Å². The van der Waals surface area contributed by atoms with Crippen LogP contribution in [0.2, 0.25) is 0 Å². The highest BCUT2D eigenvalue weighted by Gasteiger charge is 2.24. The molecule has 0 aliphatic heterocycles. The second-order valence-electron chi connectivity index (χ2n) is 7.48. The minimum absolute atomic E-state index is 0.123. The summed E-state index contributed by atoms with van der Waals surface area (Å²) in [5, 5.41) is 33.0. The number of aliphatic hydroxyl groups excluding tert-OH is 2. The van der Waals surface area contributed by atoms with E-state index in [2.05, 4.69) is 5.32 Å². The number of amides is 1. The molecule has 2 atom stereocenters. The molecule has 2 aromatic rings. The van der Waals surface area contributed by atoms with E-state index >= 15 is 0 Å². The predicted molar refractivity (Wildman–Crippen MR) is 102 cm³/mol. The molecule has 0 saturated heterocycles. The third kappa shape index (κ3) is 5.98. The first-order valence-electron chi connectivity index (χ1n) is 8.82. The zero-order chi connectivity index (χ0) is 20.0. The van der Waals surface area contributed by atoms with Crippen molar-refractivity contribution in [2.45, 2.75) is 45.0 Å². The molecule has 27 heavy (non-hydrogen) atoms. The van der Waals surface area contributed by atoms with Crippen LogP contribution in [0.25, 0.3) is 0 Å². The van der Waals surface area contributed by atoms with Gasteiger partial charge in [0, 0.05) is 6.54 Å². The van der Waals surface area contributed by atoms with Crippen molar-refractivity contribution in [3.8, 4) is 5.75 Å². The Bertz CT molecular complexity index is 755. The van der Waals surface area contributed by atoms with Crippen molar-refractivity contribution in [3.05, 3.63) is 65.2 Å². The van der Waals surface area contributed by atoms with Crippen LogP contribution in [0.15, 0.2) is 48.5 Å². The van der Waals surface area contributed by atoms with Crippen LogP contribution in [0.1, 0.15) is 43.6 Å². The molecule has 0 aromatic heterocycles. The number of carbonyl (C=O) groups is 1. The summed E-state index contributed by atoms with van der Waals surface area (Å²) in [5.74, 6) is 0.135. The molecule has 0 heterocycles. The molecular formula is C21H27NO5. The molecule has 4 N–H and O–H groups in total. The van der Waals surface area contributed by atoms with Crippen molar-refractivity contribution in [1.29, 1.82) is 0 Å². The molecule has 0 aliphatic carbocycles. The van der Waals surface area contributed by atoms with Gasteiger partial charge in [0.1, 0.15) is 24.6 Å². The lowest BCUT2D eigenvalue weighted by Crippen LogP contribution is -2.35. The van der Waals surface area contributed by atoms with E-state index in [0.717, 1.165) is 5.56 Å². The molecule has 0 fully saturated rings. The van der Waals surface area contributed by atoms with Gasteiger partial charge in [0.2, 0.25) is 0 Å². The van der Waals surface area contributed by atoms with Gasteiger partial charge < -0.3 is 25.4 Å². The molecular weight excluding hydrogens is 346 g/mol. The number of carbonyl (C=O) groups excluding carboxylic acids is 1. The number of hydrogen-bond acceptors (Lipinski definition) is 5. The van der Waals surface area contributed by atoms with E-state index in [4.69, 9.17) is 4.74 Å². The van der Waals surface area contributed by atoms with E-state index in [1.165, 1.54) is 6.07 Å². The summed E-state index contributed by atoms with van der Waals surface area (Å²) in [4.78, 5) is 11.8. The molecule has 0 aliphatic rings. The number of hydrogen-bond donors (Lipinski definition) is 4. The second-order valence-corrected chi connectivity index (χ2v) is 7.48. The Labute approximate surface area is 159 Å². The van der Waals surface area contributed by atoms with E-state index in [9.17, 15) is 20.1 Å². The molecule has 0 bridgehead atoms. The Morgan fingerprint density at radius 3 is 2.41 bits per heavy atom. The van der Waals surface area contributed by atoms with Gasteiger partial charge in [-0.3, -0.25) is 0 Å². The summed E-state index contributed by atoms with van der Waals surface area (Å²) in [6.07, 6.45) is -3.10. The number of phenolic OH excluding ortho intramolecular Hbond substituents is 1. The van der Waals surface area contributed by atoms with Crippen molar-refractivity contribution >= 4 is 6.09 Å². The quantitative estimate of drug-likeness (QED) is 0.624. The Kier molecular flexibility index (Phi) is 6.82. The number of phenols is 1. The second kappa shape index (κ2) is 8.88. The van der Waals surface area contributed by atoms with E-state index in [0.29, 0.717) is 11.1 Å². The summed E-state index contributed by atoms with van der Waals surface area (Å²) in [7, 11) is 0. The maximum atomic E-state index is 11.8. The molecule has 6 nitrogen and oxygen atoms in total. The fraction of sp³-hybridized carbons (Fsp3) is 0.381. The molecule has 0 radical (unpaired) electrons. The first-order valence-corrected chi connectivity index (χ1v) is 8.82. The average molecular weight is 373 g/mol. The topological polar surface area (TPSA) is 99.0 Å². The van der Waals surface area contributed by atoms with Crippen LogP contribution >= 0.6 is 0 Å². The average Bonchev–Trinajstić information content (AvgIpc) is 2.64. The van der Waals surface area contributed by atoms with Gasteiger partial charge in [0.25, 0.3) is 0 Å². The minimum atomic E-state index is -1.22. The van der Waals surface area contributed by atoms with Gasteiger partial charge in [-0.15, -0.1) is 0 Å².